The highest BCUT2D eigenvalue weighted by atomic mass is 32.1. The third-order valence-electron chi connectivity index (χ3n) is 5.51. The molecule has 0 saturated carbocycles. The molecule has 0 aliphatic carbocycles. The molecule has 5 nitrogen and oxygen atoms in total. The van der Waals surface area contributed by atoms with E-state index in [2.05, 4.69) is 39.5 Å². The summed E-state index contributed by atoms with van der Waals surface area (Å²) < 4.78 is 5.25. The topological polar surface area (TPSA) is 45.7 Å². The Morgan fingerprint density at radius 2 is 1.80 bits per heavy atom. The fourth-order valence-electron chi connectivity index (χ4n) is 3.79. The number of amides is 1. The summed E-state index contributed by atoms with van der Waals surface area (Å²) in [6.07, 6.45) is 1.42. The molecule has 0 atom stereocenters. The summed E-state index contributed by atoms with van der Waals surface area (Å²) in [7, 11) is 1.68. The zero-order valence-corrected chi connectivity index (χ0v) is 18.3. The van der Waals surface area contributed by atoms with Gasteiger partial charge >= 0.3 is 0 Å². The molecule has 2 aromatic carbocycles. The molecule has 0 N–H and O–H groups in total. The van der Waals surface area contributed by atoms with Crippen LogP contribution in [0.3, 0.4) is 0 Å². The van der Waals surface area contributed by atoms with Crippen molar-refractivity contribution >= 4 is 22.9 Å². The molecule has 0 radical (unpaired) electrons. The van der Waals surface area contributed by atoms with Gasteiger partial charge in [0.15, 0.2) is 0 Å². The Morgan fingerprint density at radius 1 is 1.03 bits per heavy atom. The Labute approximate surface area is 181 Å². The van der Waals surface area contributed by atoms with Crippen LogP contribution in [0.25, 0.3) is 11.3 Å². The van der Waals surface area contributed by atoms with Gasteiger partial charge in [-0.05, 0) is 43.2 Å². The van der Waals surface area contributed by atoms with Crippen LogP contribution in [-0.4, -0.2) is 49.1 Å². The maximum Gasteiger partial charge on any atom is 0.227 e. The normalized spacial score (nSPS) is 14.5. The van der Waals surface area contributed by atoms with Gasteiger partial charge in [0.1, 0.15) is 5.75 Å². The van der Waals surface area contributed by atoms with Crippen molar-refractivity contribution in [3.8, 4) is 17.0 Å². The lowest BCUT2D eigenvalue weighted by atomic mass is 10.1. The van der Waals surface area contributed by atoms with Crippen LogP contribution in [0.15, 0.2) is 53.9 Å². The summed E-state index contributed by atoms with van der Waals surface area (Å²) in [6, 6.07) is 16.4. The van der Waals surface area contributed by atoms with Crippen LogP contribution < -0.4 is 9.64 Å². The van der Waals surface area contributed by atoms with E-state index < -0.39 is 0 Å². The first-order valence-corrected chi connectivity index (χ1v) is 11.2. The van der Waals surface area contributed by atoms with Crippen LogP contribution in [0, 0.1) is 6.92 Å². The highest BCUT2D eigenvalue weighted by molar-refractivity contribution is 7.09. The fourth-order valence-corrected chi connectivity index (χ4v) is 4.42. The van der Waals surface area contributed by atoms with Gasteiger partial charge < -0.3 is 14.5 Å². The maximum absolute atomic E-state index is 12.9. The second kappa shape index (κ2) is 9.30. The second-order valence-electron chi connectivity index (χ2n) is 7.54. The van der Waals surface area contributed by atoms with E-state index in [9.17, 15) is 4.79 Å². The van der Waals surface area contributed by atoms with Crippen molar-refractivity contribution in [1.29, 1.82) is 0 Å². The van der Waals surface area contributed by atoms with E-state index >= 15 is 0 Å². The zero-order chi connectivity index (χ0) is 20.9. The Bertz CT molecular complexity index is 982. The number of carbonyl (C=O) groups is 1. The molecule has 4 rings (SSSR count). The van der Waals surface area contributed by atoms with Gasteiger partial charge in [0.2, 0.25) is 5.91 Å². The highest BCUT2D eigenvalue weighted by Crippen LogP contribution is 2.23. The quantitative estimate of drug-likeness (QED) is 0.612. The molecule has 1 amide bonds. The van der Waals surface area contributed by atoms with Gasteiger partial charge in [0, 0.05) is 42.8 Å². The molecular formula is C24H27N3O2S. The first-order valence-electron chi connectivity index (χ1n) is 10.3. The first kappa shape index (κ1) is 20.4. The lowest BCUT2D eigenvalue weighted by molar-refractivity contribution is -0.130. The number of nitrogens with zero attached hydrogens (tertiary/aromatic N) is 3. The van der Waals surface area contributed by atoms with Crippen molar-refractivity contribution in [1.82, 2.24) is 9.88 Å². The molecule has 0 spiro atoms. The molecule has 1 aliphatic heterocycles. The van der Waals surface area contributed by atoms with E-state index in [1.807, 2.05) is 36.1 Å². The van der Waals surface area contributed by atoms with E-state index in [-0.39, 0.29) is 5.91 Å². The highest BCUT2D eigenvalue weighted by Gasteiger charge is 2.19. The number of anilines is 1. The number of thiazole rings is 1. The standard InChI is InChI=1S/C24H27N3O2S/c1-18-25-23(17-30-18)20-6-4-19(5-7-20)16-24(28)27-13-3-12-26(14-15-27)21-8-10-22(29-2)11-9-21/h4-11,17H,3,12-16H2,1-2H3. The predicted molar refractivity (Wildman–Crippen MR) is 122 cm³/mol. The van der Waals surface area contributed by atoms with Crippen molar-refractivity contribution < 1.29 is 9.53 Å². The van der Waals surface area contributed by atoms with Gasteiger partial charge in [0.05, 0.1) is 24.2 Å². The Morgan fingerprint density at radius 3 is 2.47 bits per heavy atom. The lowest BCUT2D eigenvalue weighted by Crippen LogP contribution is -2.36. The van der Waals surface area contributed by atoms with Crippen molar-refractivity contribution in [2.24, 2.45) is 0 Å². The van der Waals surface area contributed by atoms with Crippen LogP contribution in [0.2, 0.25) is 0 Å². The van der Waals surface area contributed by atoms with E-state index in [1.165, 1.54) is 5.69 Å². The molecule has 2 heterocycles. The van der Waals surface area contributed by atoms with Gasteiger partial charge in [-0.15, -0.1) is 11.3 Å². The monoisotopic (exact) mass is 421 g/mol. The van der Waals surface area contributed by atoms with Crippen molar-refractivity contribution in [3.63, 3.8) is 0 Å². The number of hydrogen-bond acceptors (Lipinski definition) is 5. The largest absolute Gasteiger partial charge is 0.497 e. The number of aromatic nitrogens is 1. The van der Waals surface area contributed by atoms with E-state index in [4.69, 9.17) is 4.74 Å². The van der Waals surface area contributed by atoms with Gasteiger partial charge in [-0.1, -0.05) is 24.3 Å². The molecule has 156 valence electrons. The molecule has 1 fully saturated rings. The number of aryl methyl sites for hydroxylation is 1. The Hall–Kier alpha value is -2.86. The molecule has 0 unspecified atom stereocenters. The summed E-state index contributed by atoms with van der Waals surface area (Å²) in [6.45, 7) is 5.37. The van der Waals surface area contributed by atoms with Crippen LogP contribution >= 0.6 is 11.3 Å². The number of benzene rings is 2. The van der Waals surface area contributed by atoms with Gasteiger partial charge in [0.25, 0.3) is 0 Å². The zero-order valence-electron chi connectivity index (χ0n) is 17.5. The molecule has 1 aromatic heterocycles. The van der Waals surface area contributed by atoms with Crippen molar-refractivity contribution in [3.05, 3.63) is 64.5 Å². The third-order valence-corrected chi connectivity index (χ3v) is 6.28. The average Bonchev–Trinajstić information content (AvgIpc) is 3.06. The molecule has 0 bridgehead atoms. The number of carbonyl (C=O) groups excluding carboxylic acids is 1. The third kappa shape index (κ3) is 4.82. The van der Waals surface area contributed by atoms with Crippen LogP contribution in [0.1, 0.15) is 17.0 Å². The smallest absolute Gasteiger partial charge is 0.227 e. The number of hydrogen-bond donors (Lipinski definition) is 0. The SMILES string of the molecule is COc1ccc(N2CCCN(C(=O)Cc3ccc(-c4csc(C)n4)cc3)CC2)cc1. The van der Waals surface area contributed by atoms with Gasteiger partial charge in [-0.2, -0.15) is 0 Å². The summed E-state index contributed by atoms with van der Waals surface area (Å²) in [5, 5.41) is 3.13. The van der Waals surface area contributed by atoms with Crippen molar-refractivity contribution in [2.45, 2.75) is 19.8 Å². The number of ether oxygens (including phenoxy) is 1. The van der Waals surface area contributed by atoms with E-state index in [1.54, 1.807) is 18.4 Å². The van der Waals surface area contributed by atoms with E-state index in [0.29, 0.717) is 6.42 Å². The van der Waals surface area contributed by atoms with Crippen LogP contribution in [0.4, 0.5) is 5.69 Å². The molecular weight excluding hydrogens is 394 g/mol. The molecule has 6 heteroatoms. The minimum Gasteiger partial charge on any atom is -0.497 e. The number of methoxy groups -OCH3 is 1. The van der Waals surface area contributed by atoms with Crippen LogP contribution in [-0.2, 0) is 11.2 Å². The Kier molecular flexibility index (Phi) is 6.33. The Balaban J connectivity index is 1.34. The molecule has 3 aromatic rings. The predicted octanol–water partition coefficient (Wildman–Crippen LogP) is 4.41. The summed E-state index contributed by atoms with van der Waals surface area (Å²) in [5.74, 6) is 1.06. The fraction of sp³-hybridized carbons (Fsp3) is 0.333. The maximum atomic E-state index is 12.9. The van der Waals surface area contributed by atoms with Gasteiger partial charge in [-0.25, -0.2) is 4.98 Å². The van der Waals surface area contributed by atoms with E-state index in [0.717, 1.165) is 60.2 Å². The molecule has 1 saturated heterocycles. The average molecular weight is 422 g/mol. The first-order chi connectivity index (χ1) is 14.6. The lowest BCUT2D eigenvalue weighted by Gasteiger charge is -2.24. The minimum atomic E-state index is 0.198. The number of rotatable bonds is 5. The summed E-state index contributed by atoms with van der Waals surface area (Å²) in [5.41, 5.74) is 4.33. The molecule has 1 aliphatic rings. The minimum absolute atomic E-state index is 0.198. The summed E-state index contributed by atoms with van der Waals surface area (Å²) in [4.78, 5) is 21.8. The van der Waals surface area contributed by atoms with Crippen molar-refractivity contribution in [2.75, 3.05) is 38.2 Å². The second-order valence-corrected chi connectivity index (χ2v) is 8.61. The summed E-state index contributed by atoms with van der Waals surface area (Å²) >= 11 is 1.65. The van der Waals surface area contributed by atoms with Gasteiger partial charge in [-0.3, -0.25) is 4.79 Å². The van der Waals surface area contributed by atoms with Crippen LogP contribution in [0.5, 0.6) is 5.75 Å². The molecule has 30 heavy (non-hydrogen) atoms.